The normalized spacial score (nSPS) is 21.3. The summed E-state index contributed by atoms with van der Waals surface area (Å²) in [6.45, 7) is 3.16. The number of nitriles is 1. The molecule has 114 valence electrons. The minimum Gasteiger partial charge on any atom is -0.475 e. The predicted octanol–water partition coefficient (Wildman–Crippen LogP) is 1.27. The Hall–Kier alpha value is -1.33. The summed E-state index contributed by atoms with van der Waals surface area (Å²) in [6, 6.07) is 3.06. The van der Waals surface area contributed by atoms with Gasteiger partial charge in [-0.05, 0) is 38.8 Å². The van der Waals surface area contributed by atoms with Crippen molar-refractivity contribution < 1.29 is 23.1 Å². The molecule has 0 radical (unpaired) electrons. The third-order valence-electron chi connectivity index (χ3n) is 3.40. The number of rotatable bonds is 3. The van der Waals surface area contributed by atoms with Crippen LogP contribution in [0.2, 0.25) is 0 Å². The quantitative estimate of drug-likeness (QED) is 0.729. The van der Waals surface area contributed by atoms with Crippen LogP contribution < -0.4 is 10.6 Å². The lowest BCUT2D eigenvalue weighted by molar-refractivity contribution is -0.192. The Morgan fingerprint density at radius 1 is 1.40 bits per heavy atom. The Bertz CT molecular complexity index is 369. The molecule has 1 saturated carbocycles. The number of carboxylic acid groups (broad SMARTS) is 1. The number of halogens is 3. The summed E-state index contributed by atoms with van der Waals surface area (Å²) < 4.78 is 31.7. The van der Waals surface area contributed by atoms with Crippen molar-refractivity contribution in [3.05, 3.63) is 0 Å². The molecule has 3 N–H and O–H groups in total. The summed E-state index contributed by atoms with van der Waals surface area (Å²) in [7, 11) is 0. The summed E-state index contributed by atoms with van der Waals surface area (Å²) >= 11 is 0. The molecule has 5 nitrogen and oxygen atoms in total. The van der Waals surface area contributed by atoms with E-state index in [0.29, 0.717) is 6.04 Å². The van der Waals surface area contributed by atoms with Crippen molar-refractivity contribution >= 4 is 5.97 Å². The van der Waals surface area contributed by atoms with Crippen molar-refractivity contribution in [1.82, 2.24) is 10.6 Å². The lowest BCUT2D eigenvalue weighted by Crippen LogP contribution is -2.41. The molecule has 0 amide bonds. The minimum absolute atomic E-state index is 0.0187. The first-order valence-corrected chi connectivity index (χ1v) is 6.44. The number of nitrogens with zero attached hydrogens (tertiary/aromatic N) is 1. The van der Waals surface area contributed by atoms with E-state index < -0.39 is 12.1 Å². The van der Waals surface area contributed by atoms with Gasteiger partial charge in [-0.2, -0.15) is 18.4 Å². The molecule has 0 aromatic heterocycles. The number of piperidine rings is 1. The van der Waals surface area contributed by atoms with Gasteiger partial charge in [0.05, 0.1) is 11.5 Å². The molecule has 1 aliphatic carbocycles. The Morgan fingerprint density at radius 2 is 1.90 bits per heavy atom. The molecule has 20 heavy (non-hydrogen) atoms. The number of hydrogen-bond donors (Lipinski definition) is 3. The molecule has 1 aliphatic heterocycles. The van der Waals surface area contributed by atoms with Crippen LogP contribution in [0.3, 0.4) is 0 Å². The minimum atomic E-state index is -5.08. The van der Waals surface area contributed by atoms with Gasteiger partial charge in [0.1, 0.15) is 0 Å². The predicted molar refractivity (Wildman–Crippen MR) is 64.9 cm³/mol. The summed E-state index contributed by atoms with van der Waals surface area (Å²) in [5.41, 5.74) is 0.0187. The molecular weight excluding hydrogens is 275 g/mol. The van der Waals surface area contributed by atoms with Gasteiger partial charge in [0.2, 0.25) is 0 Å². The van der Waals surface area contributed by atoms with Gasteiger partial charge in [0.15, 0.2) is 0 Å². The number of aliphatic carboxylic acids is 1. The first-order chi connectivity index (χ1) is 9.29. The third-order valence-corrected chi connectivity index (χ3v) is 3.40. The lowest BCUT2D eigenvalue weighted by atomic mass is 10.0. The topological polar surface area (TPSA) is 85.2 Å². The SMILES string of the molecule is N#CC1(CNC2CCNCC2)CC1.O=C(O)C(F)(F)F. The van der Waals surface area contributed by atoms with Gasteiger partial charge in [0, 0.05) is 12.6 Å². The van der Waals surface area contributed by atoms with Crippen LogP contribution in [0, 0.1) is 16.7 Å². The second-order valence-corrected chi connectivity index (χ2v) is 5.10. The summed E-state index contributed by atoms with van der Waals surface area (Å²) in [6.07, 6.45) is -0.466. The van der Waals surface area contributed by atoms with Gasteiger partial charge < -0.3 is 15.7 Å². The van der Waals surface area contributed by atoms with E-state index in [2.05, 4.69) is 16.7 Å². The van der Waals surface area contributed by atoms with Crippen LogP contribution in [0.5, 0.6) is 0 Å². The van der Waals surface area contributed by atoms with E-state index in [-0.39, 0.29) is 5.41 Å². The zero-order valence-corrected chi connectivity index (χ0v) is 11.0. The highest BCUT2D eigenvalue weighted by atomic mass is 19.4. The average molecular weight is 293 g/mol. The molecule has 0 aromatic rings. The Morgan fingerprint density at radius 3 is 2.25 bits per heavy atom. The van der Waals surface area contributed by atoms with Gasteiger partial charge in [-0.1, -0.05) is 0 Å². The van der Waals surface area contributed by atoms with Crippen molar-refractivity contribution in [2.45, 2.75) is 37.9 Å². The molecule has 0 atom stereocenters. The van der Waals surface area contributed by atoms with E-state index in [0.717, 1.165) is 32.5 Å². The maximum atomic E-state index is 10.6. The van der Waals surface area contributed by atoms with E-state index in [1.54, 1.807) is 0 Å². The third kappa shape index (κ3) is 5.75. The van der Waals surface area contributed by atoms with E-state index in [4.69, 9.17) is 15.2 Å². The molecule has 2 rings (SSSR count). The second kappa shape index (κ2) is 6.90. The van der Waals surface area contributed by atoms with Gasteiger partial charge >= 0.3 is 12.1 Å². The maximum absolute atomic E-state index is 10.6. The number of nitrogens with one attached hydrogen (secondary N) is 2. The zero-order valence-electron chi connectivity index (χ0n) is 11.0. The fourth-order valence-corrected chi connectivity index (χ4v) is 1.84. The largest absolute Gasteiger partial charge is 0.490 e. The maximum Gasteiger partial charge on any atom is 0.490 e. The zero-order chi connectivity index (χ0) is 15.2. The lowest BCUT2D eigenvalue weighted by Gasteiger charge is -2.24. The Balaban J connectivity index is 0.000000246. The first-order valence-electron chi connectivity index (χ1n) is 6.44. The highest BCUT2D eigenvalue weighted by Gasteiger charge is 2.43. The van der Waals surface area contributed by atoms with Crippen LogP contribution in [0.25, 0.3) is 0 Å². The molecule has 8 heteroatoms. The number of carboxylic acids is 1. The van der Waals surface area contributed by atoms with Crippen molar-refractivity contribution in [3.8, 4) is 6.07 Å². The fraction of sp³-hybridized carbons (Fsp3) is 0.833. The van der Waals surface area contributed by atoms with Crippen molar-refractivity contribution in [3.63, 3.8) is 0 Å². The van der Waals surface area contributed by atoms with E-state index in [9.17, 15) is 13.2 Å². The fourth-order valence-electron chi connectivity index (χ4n) is 1.84. The highest BCUT2D eigenvalue weighted by molar-refractivity contribution is 5.73. The van der Waals surface area contributed by atoms with Gasteiger partial charge in [-0.15, -0.1) is 0 Å². The van der Waals surface area contributed by atoms with Crippen LogP contribution >= 0.6 is 0 Å². The molecule has 1 heterocycles. The number of hydrogen-bond acceptors (Lipinski definition) is 4. The van der Waals surface area contributed by atoms with Crippen LogP contribution in [0.4, 0.5) is 13.2 Å². The van der Waals surface area contributed by atoms with Crippen LogP contribution in [0.1, 0.15) is 25.7 Å². The average Bonchev–Trinajstić information content (AvgIpc) is 3.18. The first kappa shape index (κ1) is 16.7. The summed E-state index contributed by atoms with van der Waals surface area (Å²) in [4.78, 5) is 8.90. The highest BCUT2D eigenvalue weighted by Crippen LogP contribution is 2.44. The van der Waals surface area contributed by atoms with E-state index in [1.165, 1.54) is 12.8 Å². The van der Waals surface area contributed by atoms with Crippen LogP contribution in [-0.4, -0.2) is 42.9 Å². The van der Waals surface area contributed by atoms with Crippen molar-refractivity contribution in [2.75, 3.05) is 19.6 Å². The summed E-state index contributed by atoms with van der Waals surface area (Å²) in [5.74, 6) is -2.76. The van der Waals surface area contributed by atoms with Gasteiger partial charge in [-0.3, -0.25) is 0 Å². The number of carbonyl (C=O) groups is 1. The van der Waals surface area contributed by atoms with Crippen LogP contribution in [-0.2, 0) is 4.79 Å². The van der Waals surface area contributed by atoms with Gasteiger partial charge in [0.25, 0.3) is 0 Å². The van der Waals surface area contributed by atoms with Crippen molar-refractivity contribution in [2.24, 2.45) is 5.41 Å². The molecule has 2 fully saturated rings. The van der Waals surface area contributed by atoms with Crippen LogP contribution in [0.15, 0.2) is 0 Å². The Kier molecular flexibility index (Phi) is 5.77. The molecule has 1 saturated heterocycles. The molecule has 0 unspecified atom stereocenters. The molecule has 0 bridgehead atoms. The summed E-state index contributed by atoms with van der Waals surface area (Å²) in [5, 5.41) is 22.9. The molecule has 2 aliphatic rings. The second-order valence-electron chi connectivity index (χ2n) is 5.10. The smallest absolute Gasteiger partial charge is 0.475 e. The van der Waals surface area contributed by atoms with E-state index >= 15 is 0 Å². The van der Waals surface area contributed by atoms with E-state index in [1.807, 2.05) is 0 Å². The molecule has 0 aromatic carbocycles. The monoisotopic (exact) mass is 293 g/mol. The molecule has 0 spiro atoms. The van der Waals surface area contributed by atoms with Crippen molar-refractivity contribution in [1.29, 1.82) is 5.26 Å². The molecular formula is C12H18F3N3O2. The standard InChI is InChI=1S/C10H17N3.C2HF3O2/c11-7-10(3-4-10)8-13-9-1-5-12-6-2-9;3-2(4,5)1(6)7/h9,12-13H,1-6,8H2;(H,6,7). The number of alkyl halides is 3. The van der Waals surface area contributed by atoms with Gasteiger partial charge in [-0.25, -0.2) is 4.79 Å². The Labute approximate surface area is 115 Å².